The van der Waals surface area contributed by atoms with Crippen LogP contribution in [0.5, 0.6) is 0 Å². The molecule has 4 nitrogen and oxygen atoms in total. The molecule has 0 N–H and O–H groups in total. The van der Waals surface area contributed by atoms with Crippen molar-refractivity contribution in [1.82, 2.24) is 0 Å². The van der Waals surface area contributed by atoms with E-state index >= 15 is 0 Å². The fourth-order valence-corrected chi connectivity index (χ4v) is 2.96. The number of carbonyl (C=O) groups excluding carboxylic acids is 1. The quantitative estimate of drug-likeness (QED) is 0.369. The highest BCUT2D eigenvalue weighted by Gasteiger charge is 2.23. The summed E-state index contributed by atoms with van der Waals surface area (Å²) in [4.78, 5) is 23.2. The zero-order valence-corrected chi connectivity index (χ0v) is 16.2. The molecule has 2 aromatic carbocycles. The number of benzene rings is 2. The number of halogens is 1. The summed E-state index contributed by atoms with van der Waals surface area (Å²) in [6.45, 7) is 6.10. The van der Waals surface area contributed by atoms with Crippen LogP contribution in [-0.2, 0) is 5.41 Å². The number of hydrogen-bond acceptors (Lipinski definition) is 3. The molecule has 0 aliphatic rings. The van der Waals surface area contributed by atoms with Crippen molar-refractivity contribution in [2.24, 2.45) is 0 Å². The first-order valence-corrected chi connectivity index (χ1v) is 8.97. The number of ketones is 1. The summed E-state index contributed by atoms with van der Waals surface area (Å²) >= 11 is 3.34. The van der Waals surface area contributed by atoms with Gasteiger partial charge < -0.3 is 0 Å². The molecule has 132 valence electrons. The van der Waals surface area contributed by atoms with Gasteiger partial charge in [-0.25, -0.2) is 0 Å². The van der Waals surface area contributed by atoms with Crippen molar-refractivity contribution < 1.29 is 9.72 Å². The maximum Gasteiger partial charge on any atom is 0.211 e. The minimum atomic E-state index is -0.430. The number of rotatable bonds is 6. The van der Waals surface area contributed by atoms with E-state index in [0.717, 1.165) is 15.6 Å². The summed E-state index contributed by atoms with van der Waals surface area (Å²) in [7, 11) is 0. The maximum atomic E-state index is 12.5. The Morgan fingerprint density at radius 2 is 1.64 bits per heavy atom. The smallest absolute Gasteiger partial charge is 0.211 e. The molecule has 0 radical (unpaired) electrons. The maximum absolute atomic E-state index is 12.5. The van der Waals surface area contributed by atoms with Gasteiger partial charge in [-0.15, -0.1) is 0 Å². The molecule has 0 fully saturated rings. The summed E-state index contributed by atoms with van der Waals surface area (Å²) in [6.07, 6.45) is 0.122. The number of hydrogen-bond donors (Lipinski definition) is 0. The van der Waals surface area contributed by atoms with Crippen LogP contribution in [-0.4, -0.2) is 17.3 Å². The summed E-state index contributed by atoms with van der Waals surface area (Å²) in [5.74, 6) is -0.514. The second-order valence-electron chi connectivity index (χ2n) is 7.22. The van der Waals surface area contributed by atoms with Gasteiger partial charge >= 0.3 is 0 Å². The van der Waals surface area contributed by atoms with E-state index in [1.807, 2.05) is 24.3 Å². The van der Waals surface area contributed by atoms with Gasteiger partial charge in [0.05, 0.1) is 5.92 Å². The average Bonchev–Trinajstić information content (AvgIpc) is 2.53. The van der Waals surface area contributed by atoms with Crippen LogP contribution in [0.15, 0.2) is 53.0 Å². The largest absolute Gasteiger partial charge is 0.294 e. The molecule has 0 aromatic heterocycles. The van der Waals surface area contributed by atoms with E-state index in [1.165, 1.54) is 0 Å². The Bertz CT molecular complexity index is 746. The molecule has 1 atom stereocenters. The van der Waals surface area contributed by atoms with Crippen LogP contribution in [0.4, 0.5) is 0 Å². The first-order valence-electron chi connectivity index (χ1n) is 8.18. The molecular weight excluding hydrogens is 382 g/mol. The van der Waals surface area contributed by atoms with E-state index in [1.54, 1.807) is 24.3 Å². The minimum absolute atomic E-state index is 0.0182. The molecule has 5 heteroatoms. The summed E-state index contributed by atoms with van der Waals surface area (Å²) < 4.78 is 0.892. The topological polar surface area (TPSA) is 60.2 Å². The Morgan fingerprint density at radius 3 is 2.12 bits per heavy atom. The third-order valence-electron chi connectivity index (χ3n) is 4.22. The van der Waals surface area contributed by atoms with Crippen LogP contribution in [0.2, 0.25) is 0 Å². The first-order chi connectivity index (χ1) is 11.7. The van der Waals surface area contributed by atoms with E-state index in [-0.39, 0.29) is 29.1 Å². The monoisotopic (exact) mass is 403 g/mol. The minimum Gasteiger partial charge on any atom is -0.294 e. The van der Waals surface area contributed by atoms with Gasteiger partial charge in [0.25, 0.3) is 0 Å². The molecule has 25 heavy (non-hydrogen) atoms. The Kier molecular flexibility index (Phi) is 6.11. The van der Waals surface area contributed by atoms with Crippen LogP contribution < -0.4 is 0 Å². The fraction of sp³-hybridized carbons (Fsp3) is 0.350. The van der Waals surface area contributed by atoms with Crippen molar-refractivity contribution >= 4 is 21.7 Å². The molecule has 0 spiro atoms. The van der Waals surface area contributed by atoms with Crippen LogP contribution >= 0.6 is 15.9 Å². The Balaban J connectivity index is 2.22. The van der Waals surface area contributed by atoms with Gasteiger partial charge in [0.2, 0.25) is 6.54 Å². The van der Waals surface area contributed by atoms with Crippen LogP contribution in [0.25, 0.3) is 0 Å². The molecular formula is C20H22BrNO3. The van der Waals surface area contributed by atoms with Gasteiger partial charge in [-0.1, -0.05) is 73.1 Å². The highest BCUT2D eigenvalue weighted by molar-refractivity contribution is 9.10. The summed E-state index contributed by atoms with van der Waals surface area (Å²) in [5.41, 5.74) is 2.58. The molecule has 0 saturated heterocycles. The lowest BCUT2D eigenvalue weighted by Gasteiger charge is -2.20. The van der Waals surface area contributed by atoms with Gasteiger partial charge in [-0.3, -0.25) is 14.9 Å². The van der Waals surface area contributed by atoms with Gasteiger partial charge in [0.1, 0.15) is 0 Å². The Hall–Kier alpha value is -2.01. The normalized spacial score (nSPS) is 12.6. The van der Waals surface area contributed by atoms with Crippen molar-refractivity contribution in [2.75, 3.05) is 6.54 Å². The molecule has 2 rings (SSSR count). The van der Waals surface area contributed by atoms with Gasteiger partial charge in [0.15, 0.2) is 5.78 Å². The Labute approximate surface area is 156 Å². The van der Waals surface area contributed by atoms with Crippen molar-refractivity contribution in [1.29, 1.82) is 0 Å². The van der Waals surface area contributed by atoms with E-state index in [4.69, 9.17) is 0 Å². The second kappa shape index (κ2) is 7.91. The molecule has 0 amide bonds. The second-order valence-corrected chi connectivity index (χ2v) is 8.13. The lowest BCUT2D eigenvalue weighted by molar-refractivity contribution is -0.483. The van der Waals surface area contributed by atoms with Crippen LogP contribution in [0, 0.1) is 10.1 Å². The van der Waals surface area contributed by atoms with Crippen molar-refractivity contribution in [3.8, 4) is 0 Å². The van der Waals surface area contributed by atoms with Crippen molar-refractivity contribution in [3.63, 3.8) is 0 Å². The van der Waals surface area contributed by atoms with E-state index in [0.29, 0.717) is 5.56 Å². The number of nitrogens with zero attached hydrogens (tertiary/aromatic N) is 1. The molecule has 0 heterocycles. The lowest BCUT2D eigenvalue weighted by Crippen LogP contribution is -2.17. The van der Waals surface area contributed by atoms with E-state index in [2.05, 4.69) is 36.7 Å². The first kappa shape index (κ1) is 19.3. The number of carbonyl (C=O) groups is 1. The highest BCUT2D eigenvalue weighted by Crippen LogP contribution is 2.27. The summed E-state index contributed by atoms with van der Waals surface area (Å²) in [5, 5.41) is 11.1. The number of Topliss-reactive ketones (excluding diaryl/α,β-unsaturated/α-hetero) is 1. The third kappa shape index (κ3) is 5.49. The van der Waals surface area contributed by atoms with Crippen molar-refractivity contribution in [2.45, 2.75) is 38.5 Å². The van der Waals surface area contributed by atoms with E-state index in [9.17, 15) is 14.9 Å². The zero-order chi connectivity index (χ0) is 18.6. The predicted octanol–water partition coefficient (Wildman–Crippen LogP) is 5.38. The van der Waals surface area contributed by atoms with E-state index < -0.39 is 5.92 Å². The standard InChI is InChI=1S/C20H22BrNO3/c1-20(2,3)17-8-4-14(5-9-17)16(13-22(24)25)12-19(23)15-6-10-18(21)11-7-15/h4-11,16H,12-13H2,1-3H3. The number of nitro groups is 1. The molecule has 1 unspecified atom stereocenters. The summed E-state index contributed by atoms with van der Waals surface area (Å²) in [6, 6.07) is 14.9. The van der Waals surface area contributed by atoms with Gasteiger partial charge in [-0.05, 0) is 28.7 Å². The highest BCUT2D eigenvalue weighted by atomic mass is 79.9. The molecule has 0 aliphatic heterocycles. The Morgan fingerprint density at radius 1 is 1.08 bits per heavy atom. The average molecular weight is 404 g/mol. The molecule has 2 aromatic rings. The lowest BCUT2D eigenvalue weighted by atomic mass is 9.84. The molecule has 0 saturated carbocycles. The SMILES string of the molecule is CC(C)(C)c1ccc(C(CC(=O)c2ccc(Br)cc2)C[N+](=O)[O-])cc1. The molecule has 0 aliphatic carbocycles. The zero-order valence-electron chi connectivity index (χ0n) is 14.7. The van der Waals surface area contributed by atoms with Crippen LogP contribution in [0.3, 0.4) is 0 Å². The fourth-order valence-electron chi connectivity index (χ4n) is 2.70. The van der Waals surface area contributed by atoms with Crippen molar-refractivity contribution in [3.05, 3.63) is 79.8 Å². The van der Waals surface area contributed by atoms with Gasteiger partial charge in [-0.2, -0.15) is 0 Å². The van der Waals surface area contributed by atoms with Gasteiger partial charge in [0, 0.05) is 21.4 Å². The van der Waals surface area contributed by atoms with Crippen LogP contribution in [0.1, 0.15) is 54.6 Å². The third-order valence-corrected chi connectivity index (χ3v) is 4.74. The molecule has 0 bridgehead atoms. The predicted molar refractivity (Wildman–Crippen MR) is 103 cm³/mol.